The van der Waals surface area contributed by atoms with Crippen LogP contribution in [-0.2, 0) is 27.3 Å². The SMILES string of the molecule is COC(=O)C1COC(Cc2cc(Cl)ccc2OCc2ccccc2)=N1. The molecule has 0 N–H and O–H groups in total. The van der Waals surface area contributed by atoms with E-state index in [2.05, 4.69) is 4.99 Å². The van der Waals surface area contributed by atoms with E-state index in [0.717, 1.165) is 11.1 Å². The molecule has 0 fully saturated rings. The molecule has 1 aliphatic rings. The van der Waals surface area contributed by atoms with Gasteiger partial charge in [-0.25, -0.2) is 9.79 Å². The zero-order chi connectivity index (χ0) is 17.6. The largest absolute Gasteiger partial charge is 0.489 e. The summed E-state index contributed by atoms with van der Waals surface area (Å²) in [5.41, 5.74) is 1.93. The number of rotatable bonds is 6. The van der Waals surface area contributed by atoms with Crippen molar-refractivity contribution in [2.24, 2.45) is 4.99 Å². The molecule has 6 heteroatoms. The molecule has 0 spiro atoms. The second-order valence-electron chi connectivity index (χ2n) is 5.58. The lowest BCUT2D eigenvalue weighted by atomic mass is 10.1. The lowest BCUT2D eigenvalue weighted by Crippen LogP contribution is -2.21. The van der Waals surface area contributed by atoms with Gasteiger partial charge in [0, 0.05) is 10.6 Å². The molecule has 0 amide bonds. The number of methoxy groups -OCH3 is 1. The van der Waals surface area contributed by atoms with Gasteiger partial charge < -0.3 is 14.2 Å². The van der Waals surface area contributed by atoms with Crippen LogP contribution in [0.5, 0.6) is 5.75 Å². The van der Waals surface area contributed by atoms with Crippen molar-refractivity contribution in [1.29, 1.82) is 0 Å². The number of esters is 1. The summed E-state index contributed by atoms with van der Waals surface area (Å²) >= 11 is 6.11. The Morgan fingerprint density at radius 2 is 2.08 bits per heavy atom. The van der Waals surface area contributed by atoms with Gasteiger partial charge in [0.15, 0.2) is 11.9 Å². The lowest BCUT2D eigenvalue weighted by molar-refractivity contribution is -0.142. The van der Waals surface area contributed by atoms with E-state index in [0.29, 0.717) is 29.7 Å². The molecule has 0 saturated carbocycles. The quantitative estimate of drug-likeness (QED) is 0.741. The van der Waals surface area contributed by atoms with Gasteiger partial charge in [0.25, 0.3) is 0 Å². The van der Waals surface area contributed by atoms with Crippen LogP contribution < -0.4 is 4.74 Å². The number of nitrogens with zero attached hydrogens (tertiary/aromatic N) is 1. The van der Waals surface area contributed by atoms with Crippen molar-refractivity contribution in [3.05, 3.63) is 64.7 Å². The molecule has 1 heterocycles. The number of ether oxygens (including phenoxy) is 3. The summed E-state index contributed by atoms with van der Waals surface area (Å²) < 4.78 is 16.1. The van der Waals surface area contributed by atoms with E-state index in [4.69, 9.17) is 25.8 Å². The van der Waals surface area contributed by atoms with Crippen molar-refractivity contribution < 1.29 is 19.0 Å². The molecule has 0 radical (unpaired) electrons. The van der Waals surface area contributed by atoms with Crippen molar-refractivity contribution in [3.8, 4) is 5.75 Å². The molecule has 1 unspecified atom stereocenters. The minimum atomic E-state index is -0.604. The van der Waals surface area contributed by atoms with E-state index in [9.17, 15) is 4.79 Å². The minimum absolute atomic E-state index is 0.197. The molecule has 2 aromatic rings. The van der Waals surface area contributed by atoms with Crippen LogP contribution in [0.25, 0.3) is 0 Å². The molecule has 0 aliphatic carbocycles. The summed E-state index contributed by atoms with van der Waals surface area (Å²) in [6, 6.07) is 14.7. The smallest absolute Gasteiger partial charge is 0.334 e. The highest BCUT2D eigenvalue weighted by Crippen LogP contribution is 2.26. The summed E-state index contributed by atoms with van der Waals surface area (Å²) in [5, 5.41) is 0.602. The van der Waals surface area contributed by atoms with Gasteiger partial charge in [-0.2, -0.15) is 0 Å². The van der Waals surface area contributed by atoms with E-state index in [1.165, 1.54) is 7.11 Å². The first kappa shape index (κ1) is 17.3. The Morgan fingerprint density at radius 1 is 1.28 bits per heavy atom. The molecular weight excluding hydrogens is 342 g/mol. The summed E-state index contributed by atoms with van der Waals surface area (Å²) in [7, 11) is 1.34. The first-order valence-corrected chi connectivity index (χ1v) is 8.26. The van der Waals surface area contributed by atoms with E-state index < -0.39 is 12.0 Å². The third-order valence-corrected chi connectivity index (χ3v) is 4.02. The average Bonchev–Trinajstić information content (AvgIpc) is 3.10. The Bertz CT molecular complexity index is 776. The third kappa shape index (κ3) is 4.51. The number of hydrogen-bond donors (Lipinski definition) is 0. The van der Waals surface area contributed by atoms with Crippen molar-refractivity contribution in [2.75, 3.05) is 13.7 Å². The van der Waals surface area contributed by atoms with E-state index in [1.807, 2.05) is 42.5 Å². The highest BCUT2D eigenvalue weighted by atomic mass is 35.5. The Morgan fingerprint density at radius 3 is 2.84 bits per heavy atom. The number of hydrogen-bond acceptors (Lipinski definition) is 5. The Kier molecular flexibility index (Phi) is 5.56. The van der Waals surface area contributed by atoms with Gasteiger partial charge in [0.2, 0.25) is 0 Å². The summed E-state index contributed by atoms with van der Waals surface area (Å²) in [5.74, 6) is 0.782. The fourth-order valence-electron chi connectivity index (χ4n) is 2.50. The molecule has 1 aliphatic heterocycles. The number of carbonyl (C=O) groups is 1. The lowest BCUT2D eigenvalue weighted by Gasteiger charge is -2.12. The van der Waals surface area contributed by atoms with E-state index >= 15 is 0 Å². The molecule has 0 saturated heterocycles. The first-order valence-electron chi connectivity index (χ1n) is 7.88. The van der Waals surface area contributed by atoms with Crippen LogP contribution in [0.4, 0.5) is 0 Å². The van der Waals surface area contributed by atoms with Gasteiger partial charge in [0.05, 0.1) is 13.5 Å². The summed E-state index contributed by atoms with van der Waals surface area (Å²) in [6.07, 6.45) is 0.401. The first-order chi connectivity index (χ1) is 12.2. The van der Waals surface area contributed by atoms with Crippen LogP contribution in [0.15, 0.2) is 53.5 Å². The Labute approximate surface area is 151 Å². The number of benzene rings is 2. The fourth-order valence-corrected chi connectivity index (χ4v) is 2.70. The second kappa shape index (κ2) is 8.03. The molecule has 0 aromatic heterocycles. The average molecular weight is 360 g/mol. The van der Waals surface area contributed by atoms with E-state index in [-0.39, 0.29) is 6.61 Å². The van der Waals surface area contributed by atoms with E-state index in [1.54, 1.807) is 6.07 Å². The van der Waals surface area contributed by atoms with Gasteiger partial charge in [-0.1, -0.05) is 41.9 Å². The van der Waals surface area contributed by atoms with Crippen LogP contribution in [0.1, 0.15) is 11.1 Å². The van der Waals surface area contributed by atoms with Crippen LogP contribution in [0, 0.1) is 0 Å². The molecule has 2 aromatic carbocycles. The maximum Gasteiger partial charge on any atom is 0.334 e. The Hall–Kier alpha value is -2.53. The van der Waals surface area contributed by atoms with Crippen LogP contribution in [0.3, 0.4) is 0 Å². The third-order valence-electron chi connectivity index (χ3n) is 3.78. The van der Waals surface area contributed by atoms with Gasteiger partial charge in [-0.15, -0.1) is 0 Å². The molecule has 3 rings (SSSR count). The summed E-state index contributed by atoms with van der Waals surface area (Å²) in [6.45, 7) is 0.649. The normalized spacial score (nSPS) is 16.1. The molecule has 130 valence electrons. The number of halogens is 1. The highest BCUT2D eigenvalue weighted by Gasteiger charge is 2.27. The van der Waals surface area contributed by atoms with Crippen LogP contribution >= 0.6 is 11.6 Å². The van der Waals surface area contributed by atoms with Crippen molar-refractivity contribution in [1.82, 2.24) is 0 Å². The van der Waals surface area contributed by atoms with Crippen LogP contribution in [0.2, 0.25) is 5.02 Å². The monoisotopic (exact) mass is 359 g/mol. The predicted molar refractivity (Wildman–Crippen MR) is 95.1 cm³/mol. The highest BCUT2D eigenvalue weighted by molar-refractivity contribution is 6.30. The van der Waals surface area contributed by atoms with Gasteiger partial charge in [0.1, 0.15) is 19.0 Å². The molecular formula is C19H18ClNO4. The van der Waals surface area contributed by atoms with Crippen molar-refractivity contribution in [2.45, 2.75) is 19.1 Å². The summed E-state index contributed by atoms with van der Waals surface area (Å²) in [4.78, 5) is 15.8. The standard InChI is InChI=1S/C19H18ClNO4/c1-23-19(22)16-12-25-18(21-16)10-14-9-15(20)7-8-17(14)24-11-13-5-3-2-4-6-13/h2-9,16H,10-12H2,1H3. The van der Waals surface area contributed by atoms with Crippen molar-refractivity contribution >= 4 is 23.5 Å². The maximum absolute atomic E-state index is 11.5. The van der Waals surface area contributed by atoms with Gasteiger partial charge >= 0.3 is 5.97 Å². The van der Waals surface area contributed by atoms with Gasteiger partial charge in [-0.3, -0.25) is 0 Å². The number of aliphatic imine (C=N–C) groups is 1. The molecule has 1 atom stereocenters. The fraction of sp³-hybridized carbons (Fsp3) is 0.263. The predicted octanol–water partition coefficient (Wildman–Crippen LogP) is 3.43. The second-order valence-corrected chi connectivity index (χ2v) is 6.01. The molecule has 25 heavy (non-hydrogen) atoms. The van der Waals surface area contributed by atoms with Crippen LogP contribution in [-0.4, -0.2) is 31.6 Å². The topological polar surface area (TPSA) is 57.1 Å². The molecule has 0 bridgehead atoms. The number of carbonyl (C=O) groups excluding carboxylic acids is 1. The zero-order valence-electron chi connectivity index (χ0n) is 13.8. The van der Waals surface area contributed by atoms with Gasteiger partial charge in [-0.05, 0) is 23.8 Å². The zero-order valence-corrected chi connectivity index (χ0v) is 14.5. The van der Waals surface area contributed by atoms with Crippen molar-refractivity contribution in [3.63, 3.8) is 0 Å². The minimum Gasteiger partial charge on any atom is -0.489 e. The molecule has 5 nitrogen and oxygen atoms in total. The Balaban J connectivity index is 1.72. The maximum atomic E-state index is 11.5.